The first kappa shape index (κ1) is 15.2. The molecule has 0 radical (unpaired) electrons. The fourth-order valence-electron chi connectivity index (χ4n) is 1.89. The van der Waals surface area contributed by atoms with Crippen molar-refractivity contribution in [3.63, 3.8) is 0 Å². The highest BCUT2D eigenvalue weighted by molar-refractivity contribution is 5.94. The summed E-state index contributed by atoms with van der Waals surface area (Å²) in [4.78, 5) is 16.1. The zero-order valence-electron chi connectivity index (χ0n) is 12.1. The Labute approximate surface area is 124 Å². The summed E-state index contributed by atoms with van der Waals surface area (Å²) in [5.41, 5.74) is 1.55. The highest BCUT2D eigenvalue weighted by atomic mass is 16.5. The van der Waals surface area contributed by atoms with E-state index >= 15 is 0 Å². The lowest BCUT2D eigenvalue weighted by Gasteiger charge is -2.08. The maximum Gasteiger partial charge on any atom is 0.251 e. The monoisotopic (exact) mass is 288 g/mol. The normalized spacial score (nSPS) is 10.5. The maximum atomic E-state index is 12.1. The third-order valence-corrected chi connectivity index (χ3v) is 2.98. The number of amides is 1. The lowest BCUT2D eigenvalue weighted by atomic mass is 10.2. The van der Waals surface area contributed by atoms with Gasteiger partial charge in [-0.3, -0.25) is 4.79 Å². The molecule has 0 bridgehead atoms. The van der Waals surface area contributed by atoms with Gasteiger partial charge in [0, 0.05) is 50.4 Å². The largest absolute Gasteiger partial charge is 0.383 e. The Kier molecular flexibility index (Phi) is 5.93. The van der Waals surface area contributed by atoms with Crippen LogP contribution in [0.1, 0.15) is 10.4 Å². The molecular formula is C15H20N4O2. The third-order valence-electron chi connectivity index (χ3n) is 2.98. The number of carbonyl (C=O) groups excluding carboxylic acids is 1. The van der Waals surface area contributed by atoms with Crippen LogP contribution in [0.2, 0.25) is 0 Å². The number of rotatable bonds is 8. The molecule has 2 N–H and O–H groups in total. The Morgan fingerprint density at radius 1 is 1.33 bits per heavy atom. The van der Waals surface area contributed by atoms with Gasteiger partial charge in [0.1, 0.15) is 0 Å². The molecule has 0 spiro atoms. The van der Waals surface area contributed by atoms with Gasteiger partial charge in [0.05, 0.1) is 12.9 Å². The minimum Gasteiger partial charge on any atom is -0.383 e. The Balaban J connectivity index is 1.84. The summed E-state index contributed by atoms with van der Waals surface area (Å²) < 4.78 is 6.79. The van der Waals surface area contributed by atoms with Crippen molar-refractivity contribution in [1.82, 2.24) is 20.2 Å². The van der Waals surface area contributed by atoms with Crippen molar-refractivity contribution in [2.75, 3.05) is 33.4 Å². The minimum atomic E-state index is -0.0782. The van der Waals surface area contributed by atoms with Gasteiger partial charge in [0.25, 0.3) is 5.91 Å². The molecule has 0 unspecified atom stereocenters. The Hall–Kier alpha value is -2.18. The molecule has 0 aliphatic heterocycles. The molecule has 6 heteroatoms. The van der Waals surface area contributed by atoms with E-state index in [9.17, 15) is 4.79 Å². The van der Waals surface area contributed by atoms with E-state index in [0.29, 0.717) is 18.7 Å². The zero-order chi connectivity index (χ0) is 14.9. The summed E-state index contributed by atoms with van der Waals surface area (Å²) in [5.74, 6) is -0.0782. The van der Waals surface area contributed by atoms with E-state index < -0.39 is 0 Å². The Morgan fingerprint density at radius 3 is 3.00 bits per heavy atom. The molecule has 0 saturated heterocycles. The number of nitrogens with one attached hydrogen (secondary N) is 2. The zero-order valence-corrected chi connectivity index (χ0v) is 12.1. The lowest BCUT2D eigenvalue weighted by molar-refractivity contribution is 0.0953. The SMILES string of the molecule is COCCNCCNC(=O)c1cccc(-n2ccnc2)c1. The predicted molar refractivity (Wildman–Crippen MR) is 80.6 cm³/mol. The Bertz CT molecular complexity index is 555. The van der Waals surface area contributed by atoms with Crippen molar-refractivity contribution < 1.29 is 9.53 Å². The van der Waals surface area contributed by atoms with Crippen LogP contribution in [0.3, 0.4) is 0 Å². The average molecular weight is 288 g/mol. The van der Waals surface area contributed by atoms with Crippen LogP contribution in [0.4, 0.5) is 0 Å². The first-order valence-electron chi connectivity index (χ1n) is 6.87. The number of hydrogen-bond donors (Lipinski definition) is 2. The molecule has 2 aromatic rings. The van der Waals surface area contributed by atoms with Crippen molar-refractivity contribution in [1.29, 1.82) is 0 Å². The van der Waals surface area contributed by atoms with E-state index in [0.717, 1.165) is 18.8 Å². The molecule has 0 atom stereocenters. The summed E-state index contributed by atoms with van der Waals surface area (Å²) in [6, 6.07) is 7.44. The van der Waals surface area contributed by atoms with Crippen LogP contribution in [0.5, 0.6) is 0 Å². The van der Waals surface area contributed by atoms with Gasteiger partial charge in [-0.25, -0.2) is 4.98 Å². The van der Waals surface area contributed by atoms with Crippen molar-refractivity contribution in [2.45, 2.75) is 0 Å². The van der Waals surface area contributed by atoms with E-state index in [1.165, 1.54) is 0 Å². The second kappa shape index (κ2) is 8.18. The van der Waals surface area contributed by atoms with Crippen LogP contribution in [0.25, 0.3) is 5.69 Å². The molecule has 0 aliphatic carbocycles. The van der Waals surface area contributed by atoms with Crippen LogP contribution in [-0.4, -0.2) is 48.8 Å². The topological polar surface area (TPSA) is 68.2 Å². The van der Waals surface area contributed by atoms with E-state index in [-0.39, 0.29) is 5.91 Å². The second-order valence-corrected chi connectivity index (χ2v) is 4.52. The second-order valence-electron chi connectivity index (χ2n) is 4.52. The molecule has 1 amide bonds. The van der Waals surface area contributed by atoms with Crippen LogP contribution in [0.15, 0.2) is 43.0 Å². The number of hydrogen-bond acceptors (Lipinski definition) is 4. The smallest absolute Gasteiger partial charge is 0.251 e. The standard InChI is InChI=1S/C15H20N4O2/c1-21-10-8-16-5-6-18-15(20)13-3-2-4-14(11-13)19-9-7-17-12-19/h2-4,7,9,11-12,16H,5-6,8,10H2,1H3,(H,18,20). The van der Waals surface area contributed by atoms with Gasteiger partial charge in [0.15, 0.2) is 0 Å². The Morgan fingerprint density at radius 2 is 2.24 bits per heavy atom. The van der Waals surface area contributed by atoms with Gasteiger partial charge in [0.2, 0.25) is 0 Å². The van der Waals surface area contributed by atoms with E-state index in [1.54, 1.807) is 25.7 Å². The highest BCUT2D eigenvalue weighted by Gasteiger charge is 2.06. The molecule has 1 aromatic carbocycles. The van der Waals surface area contributed by atoms with Gasteiger partial charge in [-0.15, -0.1) is 0 Å². The number of benzene rings is 1. The third kappa shape index (κ3) is 4.70. The first-order chi connectivity index (χ1) is 10.3. The number of nitrogens with zero attached hydrogens (tertiary/aromatic N) is 2. The van der Waals surface area contributed by atoms with E-state index in [1.807, 2.05) is 29.0 Å². The molecule has 1 aromatic heterocycles. The highest BCUT2D eigenvalue weighted by Crippen LogP contribution is 2.10. The van der Waals surface area contributed by atoms with Gasteiger partial charge in [-0.1, -0.05) is 6.07 Å². The number of imidazole rings is 1. The average Bonchev–Trinajstić information content (AvgIpc) is 3.05. The van der Waals surface area contributed by atoms with E-state index in [2.05, 4.69) is 15.6 Å². The molecule has 0 saturated carbocycles. The van der Waals surface area contributed by atoms with Crippen molar-refractivity contribution in [3.8, 4) is 5.69 Å². The minimum absolute atomic E-state index is 0.0782. The molecule has 112 valence electrons. The van der Waals surface area contributed by atoms with Gasteiger partial charge < -0.3 is 19.9 Å². The van der Waals surface area contributed by atoms with Crippen molar-refractivity contribution in [2.24, 2.45) is 0 Å². The van der Waals surface area contributed by atoms with Gasteiger partial charge in [-0.05, 0) is 18.2 Å². The lowest BCUT2D eigenvalue weighted by Crippen LogP contribution is -2.33. The molecule has 0 fully saturated rings. The fourth-order valence-corrected chi connectivity index (χ4v) is 1.89. The first-order valence-corrected chi connectivity index (χ1v) is 6.87. The van der Waals surface area contributed by atoms with Crippen molar-refractivity contribution >= 4 is 5.91 Å². The summed E-state index contributed by atoms with van der Waals surface area (Å²) in [7, 11) is 1.66. The number of carbonyl (C=O) groups is 1. The van der Waals surface area contributed by atoms with Crippen LogP contribution in [-0.2, 0) is 4.74 Å². The summed E-state index contributed by atoms with van der Waals surface area (Å²) in [6.45, 7) is 2.75. The molecular weight excluding hydrogens is 268 g/mol. The van der Waals surface area contributed by atoms with Crippen LogP contribution < -0.4 is 10.6 Å². The van der Waals surface area contributed by atoms with E-state index in [4.69, 9.17) is 4.74 Å². The number of aromatic nitrogens is 2. The molecule has 0 aliphatic rings. The maximum absolute atomic E-state index is 12.1. The summed E-state index contributed by atoms with van der Waals surface area (Å²) in [6.07, 6.45) is 5.26. The predicted octanol–water partition coefficient (Wildman–Crippen LogP) is 0.838. The van der Waals surface area contributed by atoms with Crippen molar-refractivity contribution in [3.05, 3.63) is 48.5 Å². The molecule has 2 rings (SSSR count). The summed E-state index contributed by atoms with van der Waals surface area (Å²) in [5, 5.41) is 6.06. The van der Waals surface area contributed by atoms with Gasteiger partial charge >= 0.3 is 0 Å². The molecule has 21 heavy (non-hydrogen) atoms. The van der Waals surface area contributed by atoms with Crippen LogP contribution >= 0.6 is 0 Å². The quantitative estimate of drug-likeness (QED) is 0.706. The summed E-state index contributed by atoms with van der Waals surface area (Å²) >= 11 is 0. The van der Waals surface area contributed by atoms with Gasteiger partial charge in [-0.2, -0.15) is 0 Å². The molecule has 6 nitrogen and oxygen atoms in total. The van der Waals surface area contributed by atoms with Crippen LogP contribution in [0, 0.1) is 0 Å². The number of ether oxygens (including phenoxy) is 1. The number of methoxy groups -OCH3 is 1. The fraction of sp³-hybridized carbons (Fsp3) is 0.333. The molecule has 1 heterocycles.